The van der Waals surface area contributed by atoms with E-state index < -0.39 is 12.0 Å². The molecule has 0 aromatic heterocycles. The molecule has 2 heterocycles. The third kappa shape index (κ3) is 4.30. The average molecular weight is 489 g/mol. The minimum Gasteiger partial charge on any atom is -0.490 e. The Hall–Kier alpha value is -3.87. The molecule has 5 rings (SSSR count). The summed E-state index contributed by atoms with van der Waals surface area (Å²) >= 11 is 0. The van der Waals surface area contributed by atoms with E-state index in [1.165, 1.54) is 12.1 Å². The quantitative estimate of drug-likeness (QED) is 0.520. The van der Waals surface area contributed by atoms with Crippen LogP contribution in [0.5, 0.6) is 11.5 Å². The number of fused-ring (bicyclic) bond motifs is 4. The van der Waals surface area contributed by atoms with Crippen molar-refractivity contribution >= 4 is 11.8 Å². The molecule has 0 fully saturated rings. The molecule has 0 spiro atoms. The maximum absolute atomic E-state index is 13.8. The van der Waals surface area contributed by atoms with Crippen LogP contribution in [0.2, 0.25) is 0 Å². The third-order valence-corrected chi connectivity index (χ3v) is 6.85. The van der Waals surface area contributed by atoms with Crippen molar-refractivity contribution in [3.8, 4) is 11.5 Å². The normalized spacial score (nSPS) is 18.1. The predicted molar refractivity (Wildman–Crippen MR) is 134 cm³/mol. The molecule has 36 heavy (non-hydrogen) atoms. The van der Waals surface area contributed by atoms with Crippen molar-refractivity contribution in [1.82, 2.24) is 10.2 Å². The van der Waals surface area contributed by atoms with Gasteiger partial charge in [-0.05, 0) is 72.9 Å². The van der Waals surface area contributed by atoms with E-state index >= 15 is 0 Å². The second kappa shape index (κ2) is 10.0. The van der Waals surface area contributed by atoms with Gasteiger partial charge in [0.25, 0.3) is 5.91 Å². The van der Waals surface area contributed by atoms with E-state index in [9.17, 15) is 14.0 Å². The lowest BCUT2D eigenvalue weighted by Gasteiger charge is -2.45. The highest BCUT2D eigenvalue weighted by atomic mass is 19.1. The zero-order chi connectivity index (χ0) is 25.2. The minimum absolute atomic E-state index is 0.0734. The Labute approximate surface area is 210 Å². The first kappa shape index (κ1) is 23.9. The van der Waals surface area contributed by atoms with Crippen molar-refractivity contribution in [2.24, 2.45) is 0 Å². The van der Waals surface area contributed by atoms with E-state index in [-0.39, 0.29) is 24.2 Å². The molecule has 1 N–H and O–H groups in total. The van der Waals surface area contributed by atoms with Crippen molar-refractivity contribution in [2.45, 2.75) is 38.8 Å². The number of hydrogen-bond donors (Lipinski definition) is 1. The van der Waals surface area contributed by atoms with Crippen LogP contribution >= 0.6 is 0 Å². The largest absolute Gasteiger partial charge is 0.490 e. The Bertz CT molecular complexity index is 1290. The molecule has 186 valence electrons. The first-order valence-corrected chi connectivity index (χ1v) is 12.4. The van der Waals surface area contributed by atoms with E-state index in [4.69, 9.17) is 9.47 Å². The van der Waals surface area contributed by atoms with Gasteiger partial charge in [-0.2, -0.15) is 0 Å². The van der Waals surface area contributed by atoms with Gasteiger partial charge in [-0.15, -0.1) is 0 Å². The maximum atomic E-state index is 13.8. The van der Waals surface area contributed by atoms with Gasteiger partial charge >= 0.3 is 0 Å². The number of hydrogen-bond acceptors (Lipinski definition) is 4. The lowest BCUT2D eigenvalue weighted by atomic mass is 9.75. The van der Waals surface area contributed by atoms with Crippen LogP contribution in [0.15, 0.2) is 60.7 Å². The molecule has 0 saturated carbocycles. The fraction of sp³-hybridized carbons (Fsp3) is 0.310. The number of ether oxygens (including phenoxy) is 2. The molecule has 2 aliphatic rings. The number of nitrogens with zero attached hydrogens (tertiary/aromatic N) is 1. The van der Waals surface area contributed by atoms with Gasteiger partial charge < -0.3 is 19.7 Å². The first-order valence-electron chi connectivity index (χ1n) is 12.4. The Balaban J connectivity index is 1.57. The molecule has 2 aliphatic heterocycles. The van der Waals surface area contributed by atoms with E-state index in [0.717, 1.165) is 16.7 Å². The van der Waals surface area contributed by atoms with E-state index in [0.29, 0.717) is 48.8 Å². The number of carbonyl (C=O) groups excluding carboxylic acids is 2. The summed E-state index contributed by atoms with van der Waals surface area (Å²) in [6.07, 6.45) is 0.663. The number of amides is 2. The van der Waals surface area contributed by atoms with Gasteiger partial charge in [0.15, 0.2) is 11.5 Å². The molecule has 3 aromatic carbocycles. The van der Waals surface area contributed by atoms with E-state index in [1.54, 1.807) is 18.2 Å². The van der Waals surface area contributed by atoms with Crippen molar-refractivity contribution in [3.63, 3.8) is 0 Å². The molecular weight excluding hydrogens is 459 g/mol. The highest BCUT2D eigenvalue weighted by Gasteiger charge is 2.46. The minimum atomic E-state index is -0.606. The highest BCUT2D eigenvalue weighted by Crippen LogP contribution is 2.48. The molecule has 3 aromatic rings. The Morgan fingerprint density at radius 3 is 2.42 bits per heavy atom. The molecule has 7 heteroatoms. The summed E-state index contributed by atoms with van der Waals surface area (Å²) in [5, 5.41) is 3.02. The standard InChI is InChI=1S/C29H29FN2O4/c1-3-35-24-15-19-13-14-32-27(23(19)16-25(24)36-4-2)26(21-7-5-6-8-22(21)29(32)34)28(33)31-17-18-9-11-20(30)12-10-18/h5-12,15-16,26-27H,3-4,13-14,17H2,1-2H3,(H,31,33)/t26-,27+/m0/s1. The van der Waals surface area contributed by atoms with Gasteiger partial charge in [-0.3, -0.25) is 9.59 Å². The summed E-state index contributed by atoms with van der Waals surface area (Å²) in [4.78, 5) is 29.1. The fourth-order valence-corrected chi connectivity index (χ4v) is 5.26. The number of carbonyl (C=O) groups is 2. The van der Waals surface area contributed by atoms with Gasteiger partial charge in [0.05, 0.1) is 25.2 Å². The summed E-state index contributed by atoms with van der Waals surface area (Å²) in [6.45, 7) is 5.58. The van der Waals surface area contributed by atoms with Gasteiger partial charge in [-0.25, -0.2) is 4.39 Å². The first-order chi connectivity index (χ1) is 17.5. The van der Waals surface area contributed by atoms with Crippen molar-refractivity contribution in [1.29, 1.82) is 0 Å². The van der Waals surface area contributed by atoms with Crippen LogP contribution in [-0.2, 0) is 17.8 Å². The Morgan fingerprint density at radius 1 is 1.00 bits per heavy atom. The maximum Gasteiger partial charge on any atom is 0.254 e. The topological polar surface area (TPSA) is 67.9 Å². The lowest BCUT2D eigenvalue weighted by molar-refractivity contribution is -0.124. The smallest absolute Gasteiger partial charge is 0.254 e. The van der Waals surface area contributed by atoms with Crippen molar-refractivity contribution in [2.75, 3.05) is 19.8 Å². The van der Waals surface area contributed by atoms with Crippen LogP contribution in [0, 0.1) is 5.82 Å². The second-order valence-corrected chi connectivity index (χ2v) is 8.97. The molecule has 6 nitrogen and oxygen atoms in total. The SMILES string of the molecule is CCOc1cc2c(cc1OCC)[C@@H]1[C@@H](C(=O)NCc3ccc(F)cc3)c3ccccc3C(=O)N1CC2. The Kier molecular flexibility index (Phi) is 6.63. The van der Waals surface area contributed by atoms with Gasteiger partial charge in [0.1, 0.15) is 5.82 Å². The van der Waals surface area contributed by atoms with Crippen LogP contribution in [0.4, 0.5) is 4.39 Å². The van der Waals surface area contributed by atoms with E-state index in [2.05, 4.69) is 5.32 Å². The number of benzene rings is 3. The summed E-state index contributed by atoms with van der Waals surface area (Å²) in [5.41, 5.74) is 4.01. The summed E-state index contributed by atoms with van der Waals surface area (Å²) in [6, 6.07) is 16.8. The second-order valence-electron chi connectivity index (χ2n) is 8.97. The molecular formula is C29H29FN2O4. The van der Waals surface area contributed by atoms with Crippen LogP contribution in [0.1, 0.15) is 58.4 Å². The van der Waals surface area contributed by atoms with Crippen molar-refractivity contribution in [3.05, 3.63) is 94.3 Å². The van der Waals surface area contributed by atoms with Crippen molar-refractivity contribution < 1.29 is 23.5 Å². The van der Waals surface area contributed by atoms with E-state index in [1.807, 2.05) is 49.1 Å². The number of nitrogens with one attached hydrogen (secondary N) is 1. The summed E-state index contributed by atoms with van der Waals surface area (Å²) in [5.74, 6) is 0.0920. The van der Waals surface area contributed by atoms with Crippen LogP contribution in [-0.4, -0.2) is 36.5 Å². The summed E-state index contributed by atoms with van der Waals surface area (Å²) < 4.78 is 25.0. The molecule has 0 bridgehead atoms. The average Bonchev–Trinajstić information content (AvgIpc) is 2.89. The molecule has 2 amide bonds. The summed E-state index contributed by atoms with van der Waals surface area (Å²) in [7, 11) is 0. The van der Waals surface area contributed by atoms with Crippen LogP contribution in [0.3, 0.4) is 0 Å². The third-order valence-electron chi connectivity index (χ3n) is 6.85. The zero-order valence-electron chi connectivity index (χ0n) is 20.4. The van der Waals surface area contributed by atoms with Crippen LogP contribution < -0.4 is 14.8 Å². The van der Waals surface area contributed by atoms with Gasteiger partial charge in [-0.1, -0.05) is 30.3 Å². The van der Waals surface area contributed by atoms with Gasteiger partial charge in [0.2, 0.25) is 5.91 Å². The monoisotopic (exact) mass is 488 g/mol. The lowest BCUT2D eigenvalue weighted by Crippen LogP contribution is -2.50. The number of rotatable bonds is 7. The molecule has 0 saturated heterocycles. The molecule has 2 atom stereocenters. The molecule has 0 aliphatic carbocycles. The fourth-order valence-electron chi connectivity index (χ4n) is 5.26. The highest BCUT2D eigenvalue weighted by molar-refractivity contribution is 6.01. The number of halogens is 1. The zero-order valence-corrected chi connectivity index (χ0v) is 20.4. The van der Waals surface area contributed by atoms with Gasteiger partial charge in [0, 0.05) is 18.7 Å². The Morgan fingerprint density at radius 2 is 1.69 bits per heavy atom. The molecule has 0 unspecified atom stereocenters. The molecule has 0 radical (unpaired) electrons. The van der Waals surface area contributed by atoms with Crippen LogP contribution in [0.25, 0.3) is 0 Å². The predicted octanol–water partition coefficient (Wildman–Crippen LogP) is 4.78.